The lowest BCUT2D eigenvalue weighted by Crippen LogP contribution is -1.92. The minimum absolute atomic E-state index is 0.905. The predicted molar refractivity (Wildman–Crippen MR) is 227 cm³/mol. The fourth-order valence-corrected chi connectivity index (χ4v) is 9.13. The molecular formula is C52H30O2. The van der Waals surface area contributed by atoms with Crippen LogP contribution in [0.3, 0.4) is 0 Å². The van der Waals surface area contributed by atoms with E-state index in [4.69, 9.17) is 8.83 Å². The van der Waals surface area contributed by atoms with Gasteiger partial charge in [-0.3, -0.25) is 0 Å². The quantitative estimate of drug-likeness (QED) is 0.173. The second-order valence-electron chi connectivity index (χ2n) is 14.3. The molecule has 0 aliphatic heterocycles. The van der Waals surface area contributed by atoms with Gasteiger partial charge in [-0.1, -0.05) is 164 Å². The van der Waals surface area contributed by atoms with Gasteiger partial charge in [-0.05, 0) is 89.1 Å². The number of furan rings is 2. The Morgan fingerprint density at radius 1 is 0.278 bits per heavy atom. The summed E-state index contributed by atoms with van der Waals surface area (Å²) < 4.78 is 13.1. The van der Waals surface area contributed by atoms with Crippen molar-refractivity contribution in [3.05, 3.63) is 182 Å². The summed E-state index contributed by atoms with van der Waals surface area (Å²) in [6.07, 6.45) is 0. The Morgan fingerprint density at radius 3 is 1.57 bits per heavy atom. The van der Waals surface area contributed by atoms with Crippen LogP contribution in [0.25, 0.3) is 120 Å². The molecule has 10 aromatic carbocycles. The minimum atomic E-state index is 0.905. The highest BCUT2D eigenvalue weighted by Crippen LogP contribution is 2.48. The highest BCUT2D eigenvalue weighted by molar-refractivity contribution is 6.31. The molecule has 2 aromatic heterocycles. The largest absolute Gasteiger partial charge is 0.456 e. The van der Waals surface area contributed by atoms with Crippen molar-refractivity contribution in [3.63, 3.8) is 0 Å². The van der Waals surface area contributed by atoms with E-state index < -0.39 is 0 Å². The van der Waals surface area contributed by atoms with E-state index in [0.717, 1.165) is 44.2 Å². The van der Waals surface area contributed by atoms with Gasteiger partial charge in [-0.15, -0.1) is 0 Å². The van der Waals surface area contributed by atoms with Crippen molar-refractivity contribution < 1.29 is 8.83 Å². The van der Waals surface area contributed by atoms with Crippen LogP contribution in [-0.4, -0.2) is 0 Å². The minimum Gasteiger partial charge on any atom is -0.456 e. The Kier molecular flexibility index (Phi) is 6.09. The number of fused-ring (bicyclic) bond motifs is 12. The van der Waals surface area contributed by atoms with E-state index in [1.54, 1.807) is 0 Å². The maximum Gasteiger partial charge on any atom is 0.143 e. The molecule has 0 bridgehead atoms. The molecule has 0 fully saturated rings. The summed E-state index contributed by atoms with van der Waals surface area (Å²) >= 11 is 0. The highest BCUT2D eigenvalue weighted by Gasteiger charge is 2.22. The van der Waals surface area contributed by atoms with Gasteiger partial charge in [-0.2, -0.15) is 0 Å². The Bertz CT molecular complexity index is 3430. The van der Waals surface area contributed by atoms with E-state index in [1.165, 1.54) is 76.1 Å². The van der Waals surface area contributed by atoms with Crippen LogP contribution < -0.4 is 0 Å². The molecule has 0 spiro atoms. The molecule has 0 amide bonds. The monoisotopic (exact) mass is 686 g/mol. The third-order valence-corrected chi connectivity index (χ3v) is 11.5. The van der Waals surface area contributed by atoms with Crippen molar-refractivity contribution in [3.8, 4) is 33.4 Å². The summed E-state index contributed by atoms with van der Waals surface area (Å²) in [5.41, 5.74) is 10.7. The number of rotatable bonds is 3. The van der Waals surface area contributed by atoms with Gasteiger partial charge in [0.05, 0.1) is 0 Å². The van der Waals surface area contributed by atoms with Crippen molar-refractivity contribution in [1.82, 2.24) is 0 Å². The molecule has 0 atom stereocenters. The lowest BCUT2D eigenvalue weighted by molar-refractivity contribution is 0.669. The molecule has 250 valence electrons. The SMILES string of the molecule is c1ccc2c(c1)ccc1oc3cc(-c4c5ccccc5c(-c5ccc(-c6cccc7c6oc6ccccc67)cc5)c5ccccc45)c4ccccc4c3c12. The zero-order valence-electron chi connectivity index (χ0n) is 29.1. The molecule has 0 radical (unpaired) electrons. The molecule has 0 saturated carbocycles. The predicted octanol–water partition coefficient (Wildman–Crippen LogP) is 15.1. The molecule has 0 unspecified atom stereocenters. The number of para-hydroxylation sites is 2. The summed E-state index contributed by atoms with van der Waals surface area (Å²) in [5, 5.41) is 14.4. The van der Waals surface area contributed by atoms with Crippen LogP contribution in [0.5, 0.6) is 0 Å². The zero-order valence-corrected chi connectivity index (χ0v) is 29.1. The fraction of sp³-hybridized carbons (Fsp3) is 0. The molecule has 0 saturated heterocycles. The average molecular weight is 687 g/mol. The molecule has 54 heavy (non-hydrogen) atoms. The van der Waals surface area contributed by atoms with Gasteiger partial charge in [0.1, 0.15) is 22.3 Å². The third-order valence-electron chi connectivity index (χ3n) is 11.5. The van der Waals surface area contributed by atoms with Gasteiger partial charge < -0.3 is 8.83 Å². The van der Waals surface area contributed by atoms with Crippen LogP contribution in [0.2, 0.25) is 0 Å². The average Bonchev–Trinajstić information content (AvgIpc) is 3.82. The van der Waals surface area contributed by atoms with Crippen molar-refractivity contribution in [1.29, 1.82) is 0 Å². The molecule has 2 heteroatoms. The number of hydrogen-bond acceptors (Lipinski definition) is 2. The molecule has 12 aromatic rings. The second-order valence-corrected chi connectivity index (χ2v) is 14.3. The van der Waals surface area contributed by atoms with E-state index in [0.29, 0.717) is 0 Å². The van der Waals surface area contributed by atoms with Crippen molar-refractivity contribution in [2.75, 3.05) is 0 Å². The van der Waals surface area contributed by atoms with Crippen molar-refractivity contribution >= 4 is 87.0 Å². The fourth-order valence-electron chi connectivity index (χ4n) is 9.13. The van der Waals surface area contributed by atoms with E-state index in [9.17, 15) is 0 Å². The Labute approximate surface area is 310 Å². The summed E-state index contributed by atoms with van der Waals surface area (Å²) in [6.45, 7) is 0. The van der Waals surface area contributed by atoms with E-state index in [-0.39, 0.29) is 0 Å². The molecule has 0 N–H and O–H groups in total. The van der Waals surface area contributed by atoms with E-state index in [2.05, 4.69) is 170 Å². The van der Waals surface area contributed by atoms with Gasteiger partial charge >= 0.3 is 0 Å². The second kappa shape index (κ2) is 11.2. The highest BCUT2D eigenvalue weighted by atomic mass is 16.3. The first kappa shape index (κ1) is 29.4. The van der Waals surface area contributed by atoms with Crippen LogP contribution in [0.1, 0.15) is 0 Å². The van der Waals surface area contributed by atoms with Crippen LogP contribution >= 0.6 is 0 Å². The normalized spacial score (nSPS) is 12.1. The van der Waals surface area contributed by atoms with E-state index in [1.807, 2.05) is 12.1 Å². The van der Waals surface area contributed by atoms with Gasteiger partial charge in [0.25, 0.3) is 0 Å². The first-order valence-corrected chi connectivity index (χ1v) is 18.5. The standard InChI is InChI=1S/C52H30O2/c1-2-13-34-31(12-1)28-29-46-50(34)51-38-16-4-3-14-36(38)44(30-47(51)53-46)49-41-19-7-5-17-39(41)48(40-18-6-8-20-42(40)49)33-26-24-32(25-27-33)35-21-11-22-43-37-15-9-10-23-45(37)54-52(35)43/h1-30H. The lowest BCUT2D eigenvalue weighted by Gasteiger charge is -2.19. The molecule has 12 rings (SSSR count). The summed E-state index contributed by atoms with van der Waals surface area (Å²) in [4.78, 5) is 0. The number of hydrogen-bond donors (Lipinski definition) is 0. The van der Waals surface area contributed by atoms with Crippen molar-refractivity contribution in [2.45, 2.75) is 0 Å². The van der Waals surface area contributed by atoms with Gasteiger partial charge in [0.15, 0.2) is 0 Å². The maximum absolute atomic E-state index is 6.73. The van der Waals surface area contributed by atoms with Gasteiger partial charge in [0.2, 0.25) is 0 Å². The molecule has 0 aliphatic rings. The topological polar surface area (TPSA) is 26.3 Å². The summed E-state index contributed by atoms with van der Waals surface area (Å²) in [5.74, 6) is 0. The summed E-state index contributed by atoms with van der Waals surface area (Å²) in [7, 11) is 0. The molecule has 2 nitrogen and oxygen atoms in total. The molecular weight excluding hydrogens is 657 g/mol. The van der Waals surface area contributed by atoms with Crippen LogP contribution in [-0.2, 0) is 0 Å². The first-order valence-electron chi connectivity index (χ1n) is 18.5. The van der Waals surface area contributed by atoms with Gasteiger partial charge in [0, 0.05) is 27.1 Å². The van der Waals surface area contributed by atoms with Crippen molar-refractivity contribution in [2.24, 2.45) is 0 Å². The lowest BCUT2D eigenvalue weighted by atomic mass is 9.84. The van der Waals surface area contributed by atoms with Crippen LogP contribution in [0.4, 0.5) is 0 Å². The summed E-state index contributed by atoms with van der Waals surface area (Å²) in [6, 6.07) is 65.5. The molecule has 0 aliphatic carbocycles. The third kappa shape index (κ3) is 4.11. The Hall–Kier alpha value is -7.16. The van der Waals surface area contributed by atoms with Gasteiger partial charge in [-0.25, -0.2) is 0 Å². The maximum atomic E-state index is 6.73. The Morgan fingerprint density at radius 2 is 0.833 bits per heavy atom. The zero-order chi connectivity index (χ0) is 35.3. The molecule has 2 heterocycles. The van der Waals surface area contributed by atoms with E-state index >= 15 is 0 Å². The number of benzene rings is 10. The first-order chi connectivity index (χ1) is 26.8. The van der Waals surface area contributed by atoms with Crippen LogP contribution in [0, 0.1) is 0 Å². The smallest absolute Gasteiger partial charge is 0.143 e. The van der Waals surface area contributed by atoms with Crippen LogP contribution in [0.15, 0.2) is 191 Å². The Balaban J connectivity index is 1.10.